The SMILES string of the molecule is C/C(Cl)=N\S(F)(F)(F)(F)F. The van der Waals surface area contributed by atoms with Crippen molar-refractivity contribution in [3.8, 4) is 0 Å². The monoisotopic (exact) mass is 203 g/mol. The number of hydrogen-bond acceptors (Lipinski definition) is 1. The van der Waals surface area contributed by atoms with Gasteiger partial charge in [0.2, 0.25) is 0 Å². The van der Waals surface area contributed by atoms with Crippen LogP contribution in [-0.2, 0) is 0 Å². The normalized spacial score (nSPS) is 21.7. The van der Waals surface area contributed by atoms with Crippen LogP contribution in [0.15, 0.2) is 4.40 Å². The fraction of sp³-hybridized carbons (Fsp3) is 0.500. The summed E-state index contributed by atoms with van der Waals surface area (Å²) in [7, 11) is -9.65. The predicted molar refractivity (Wildman–Crippen MR) is 32.1 cm³/mol. The Balaban J connectivity index is 4.96. The highest BCUT2D eigenvalue weighted by Crippen LogP contribution is 2.99. The summed E-state index contributed by atoms with van der Waals surface area (Å²) in [4.78, 5) is 0. The van der Waals surface area contributed by atoms with Gasteiger partial charge < -0.3 is 0 Å². The van der Waals surface area contributed by atoms with Gasteiger partial charge in [0.25, 0.3) is 0 Å². The van der Waals surface area contributed by atoms with E-state index in [0.717, 1.165) is 4.40 Å². The van der Waals surface area contributed by atoms with Crippen LogP contribution in [-0.4, -0.2) is 5.17 Å². The highest BCUT2D eigenvalue weighted by Gasteiger charge is 2.63. The Kier molecular flexibility index (Phi) is 1.57. The summed E-state index contributed by atoms with van der Waals surface area (Å²) >= 11 is 4.52. The average Bonchev–Trinajstić information content (AvgIpc) is 1.12. The highest BCUT2D eigenvalue weighted by atomic mass is 35.5. The van der Waals surface area contributed by atoms with Gasteiger partial charge in [0, 0.05) is 0 Å². The van der Waals surface area contributed by atoms with Crippen molar-refractivity contribution in [2.45, 2.75) is 6.92 Å². The molecule has 0 spiro atoms. The van der Waals surface area contributed by atoms with Crippen LogP contribution in [0.25, 0.3) is 0 Å². The Morgan fingerprint density at radius 2 is 1.50 bits per heavy atom. The van der Waals surface area contributed by atoms with Gasteiger partial charge in [-0.3, -0.25) is 0 Å². The van der Waals surface area contributed by atoms with Crippen molar-refractivity contribution in [1.29, 1.82) is 0 Å². The summed E-state index contributed by atoms with van der Waals surface area (Å²) in [6.07, 6.45) is 0. The Morgan fingerprint density at radius 3 is 1.50 bits per heavy atom. The van der Waals surface area contributed by atoms with Gasteiger partial charge in [-0.05, 0) is 6.92 Å². The molecule has 0 fully saturated rings. The van der Waals surface area contributed by atoms with E-state index in [-0.39, 0.29) is 0 Å². The van der Waals surface area contributed by atoms with Crippen LogP contribution in [0, 0.1) is 0 Å². The van der Waals surface area contributed by atoms with Crippen molar-refractivity contribution in [1.82, 2.24) is 0 Å². The smallest absolute Gasteiger partial charge is 0.121 e. The topological polar surface area (TPSA) is 12.4 Å². The molecule has 0 N–H and O–H groups in total. The average molecular weight is 204 g/mol. The van der Waals surface area contributed by atoms with Crippen LogP contribution in [0.3, 0.4) is 0 Å². The lowest BCUT2D eigenvalue weighted by Gasteiger charge is -2.34. The van der Waals surface area contributed by atoms with E-state index in [4.69, 9.17) is 0 Å². The lowest BCUT2D eigenvalue weighted by molar-refractivity contribution is 0.367. The Hall–Kier alpha value is -0.0400. The Morgan fingerprint density at radius 1 is 1.20 bits per heavy atom. The van der Waals surface area contributed by atoms with Crippen molar-refractivity contribution in [2.24, 2.45) is 4.40 Å². The molecule has 0 atom stereocenters. The largest absolute Gasteiger partial charge is 0.382 e. The zero-order valence-corrected chi connectivity index (χ0v) is 6.20. The van der Waals surface area contributed by atoms with Crippen molar-refractivity contribution in [2.75, 3.05) is 0 Å². The molecule has 0 aliphatic carbocycles. The molecular formula is C2H3ClF5NS. The summed E-state index contributed by atoms with van der Waals surface area (Å²) in [5, 5.41) is -1.22. The minimum atomic E-state index is -9.65. The fourth-order valence-corrected chi connectivity index (χ4v) is 1.10. The molecular weight excluding hydrogens is 201 g/mol. The number of halogens is 6. The van der Waals surface area contributed by atoms with E-state index in [2.05, 4.69) is 11.6 Å². The van der Waals surface area contributed by atoms with Crippen molar-refractivity contribution < 1.29 is 19.4 Å². The Bertz CT molecular complexity index is 173. The zero-order valence-electron chi connectivity index (χ0n) is 4.62. The molecule has 64 valence electrons. The third kappa shape index (κ3) is 7.96. The minimum Gasteiger partial charge on any atom is -0.121 e. The summed E-state index contributed by atoms with van der Waals surface area (Å²) in [5.41, 5.74) is 0. The number of hydrogen-bond donors (Lipinski definition) is 0. The van der Waals surface area contributed by atoms with E-state index in [9.17, 15) is 19.4 Å². The van der Waals surface area contributed by atoms with Crippen LogP contribution in [0.4, 0.5) is 19.4 Å². The molecule has 0 aliphatic rings. The van der Waals surface area contributed by atoms with Crippen LogP contribution >= 0.6 is 22.0 Å². The van der Waals surface area contributed by atoms with E-state index in [1.807, 2.05) is 0 Å². The lowest BCUT2D eigenvalue weighted by Crippen LogP contribution is -2.01. The number of nitrogens with zero attached hydrogens (tertiary/aromatic N) is 1. The number of rotatable bonds is 1. The molecule has 0 bridgehead atoms. The van der Waals surface area contributed by atoms with E-state index in [0.29, 0.717) is 6.92 Å². The first kappa shape index (κ1) is 9.96. The van der Waals surface area contributed by atoms with Crippen LogP contribution in [0.5, 0.6) is 0 Å². The van der Waals surface area contributed by atoms with Crippen molar-refractivity contribution in [3.05, 3.63) is 0 Å². The van der Waals surface area contributed by atoms with E-state index in [1.165, 1.54) is 0 Å². The second-order valence-corrected chi connectivity index (χ2v) is 4.10. The second kappa shape index (κ2) is 1.58. The first-order valence-corrected chi connectivity index (χ1v) is 4.15. The van der Waals surface area contributed by atoms with Crippen LogP contribution in [0.2, 0.25) is 0 Å². The summed E-state index contributed by atoms with van der Waals surface area (Å²) in [6.45, 7) is 0.624. The molecule has 0 aliphatic heterocycles. The van der Waals surface area contributed by atoms with Crippen molar-refractivity contribution >= 4 is 27.2 Å². The molecule has 0 rings (SSSR count). The molecule has 0 unspecified atom stereocenters. The lowest BCUT2D eigenvalue weighted by atomic mass is 10.9. The molecule has 0 aromatic heterocycles. The molecule has 0 amide bonds. The summed E-state index contributed by atoms with van der Waals surface area (Å²) in [5.74, 6) is 0. The van der Waals surface area contributed by atoms with Gasteiger partial charge in [-0.15, -0.1) is 4.40 Å². The molecule has 0 radical (unpaired) electrons. The molecule has 1 nitrogen and oxygen atoms in total. The molecule has 0 aromatic rings. The van der Waals surface area contributed by atoms with Crippen molar-refractivity contribution in [3.63, 3.8) is 0 Å². The molecule has 0 aromatic carbocycles. The Labute approximate surface area is 58.7 Å². The predicted octanol–water partition coefficient (Wildman–Crippen LogP) is 3.86. The highest BCUT2D eigenvalue weighted by molar-refractivity contribution is 8.44. The van der Waals surface area contributed by atoms with E-state index < -0.39 is 15.6 Å². The second-order valence-electron chi connectivity index (χ2n) is 1.52. The van der Waals surface area contributed by atoms with Gasteiger partial charge in [0.05, 0.1) is 0 Å². The van der Waals surface area contributed by atoms with Gasteiger partial charge in [-0.25, -0.2) is 0 Å². The third-order valence-corrected chi connectivity index (χ3v) is 1.10. The maximum Gasteiger partial charge on any atom is 0.382 e. The molecule has 8 heteroatoms. The first-order chi connectivity index (χ1) is 3.89. The first-order valence-electron chi connectivity index (χ1n) is 1.87. The van der Waals surface area contributed by atoms with Crippen LogP contribution in [0.1, 0.15) is 6.92 Å². The standard InChI is InChI=1S/C2H3ClF5NS/c1-2(3)9-10(4,5,6,7)8/h1H3/b9-2+. The maximum absolute atomic E-state index is 11.2. The van der Waals surface area contributed by atoms with E-state index >= 15 is 0 Å². The minimum absolute atomic E-state index is 0.624. The molecule has 10 heavy (non-hydrogen) atoms. The zero-order chi connectivity index (χ0) is 8.69. The third-order valence-electron chi connectivity index (χ3n) is 0.298. The molecule has 0 saturated carbocycles. The quantitative estimate of drug-likeness (QED) is 0.453. The summed E-state index contributed by atoms with van der Waals surface area (Å²) < 4.78 is 57.1. The fourth-order valence-electron chi connectivity index (χ4n) is 0.238. The van der Waals surface area contributed by atoms with Gasteiger partial charge in [0.1, 0.15) is 5.17 Å². The van der Waals surface area contributed by atoms with E-state index in [1.54, 1.807) is 0 Å². The molecule has 0 heterocycles. The van der Waals surface area contributed by atoms with Gasteiger partial charge in [-0.2, -0.15) is 0 Å². The van der Waals surface area contributed by atoms with Gasteiger partial charge >= 0.3 is 10.4 Å². The summed E-state index contributed by atoms with van der Waals surface area (Å²) in [6, 6.07) is 0. The van der Waals surface area contributed by atoms with Gasteiger partial charge in [-0.1, -0.05) is 31.0 Å². The molecule has 0 saturated heterocycles. The van der Waals surface area contributed by atoms with Crippen LogP contribution < -0.4 is 0 Å². The maximum atomic E-state index is 11.2. The van der Waals surface area contributed by atoms with Gasteiger partial charge in [0.15, 0.2) is 0 Å².